The van der Waals surface area contributed by atoms with Gasteiger partial charge >= 0.3 is 0 Å². The molecule has 0 atom stereocenters. The van der Waals surface area contributed by atoms with Crippen LogP contribution < -0.4 is 0 Å². The molecule has 0 saturated heterocycles. The molecule has 0 bridgehead atoms. The van der Waals surface area contributed by atoms with Gasteiger partial charge in [0.2, 0.25) is 0 Å². The Morgan fingerprint density at radius 1 is 1.00 bits per heavy atom. The van der Waals surface area contributed by atoms with Crippen LogP contribution >= 0.6 is 0 Å². The van der Waals surface area contributed by atoms with Crippen LogP contribution in [0.3, 0.4) is 0 Å². The van der Waals surface area contributed by atoms with Gasteiger partial charge in [0.05, 0.1) is 0 Å². The van der Waals surface area contributed by atoms with Gasteiger partial charge in [0.25, 0.3) is 0 Å². The highest BCUT2D eigenvalue weighted by Gasteiger charge is 2.23. The van der Waals surface area contributed by atoms with Gasteiger partial charge in [-0.15, -0.1) is 0 Å². The highest BCUT2D eigenvalue weighted by atomic mass is 16.3. The lowest BCUT2D eigenvalue weighted by atomic mass is 9.83. The van der Waals surface area contributed by atoms with Crippen molar-refractivity contribution in [2.75, 3.05) is 0 Å². The van der Waals surface area contributed by atoms with Gasteiger partial charge in [0.15, 0.2) is 0 Å². The molecule has 1 aliphatic carbocycles. The SMILES string of the molecule is O[C](c1ccccc1)C1CCCCC1. The van der Waals surface area contributed by atoms with Crippen molar-refractivity contribution in [2.45, 2.75) is 32.1 Å². The Balaban J connectivity index is 2.03. The maximum Gasteiger partial charge on any atom is 0.125 e. The van der Waals surface area contributed by atoms with Gasteiger partial charge in [-0.3, -0.25) is 0 Å². The van der Waals surface area contributed by atoms with Crippen molar-refractivity contribution in [3.05, 3.63) is 42.0 Å². The zero-order chi connectivity index (χ0) is 9.80. The second-order valence-electron chi connectivity index (χ2n) is 4.09. The maximum absolute atomic E-state index is 10.1. The van der Waals surface area contributed by atoms with E-state index in [0.29, 0.717) is 12.0 Å². The van der Waals surface area contributed by atoms with Gasteiger partial charge in [0, 0.05) is 0 Å². The van der Waals surface area contributed by atoms with Crippen LogP contribution in [0, 0.1) is 12.0 Å². The lowest BCUT2D eigenvalue weighted by molar-refractivity contribution is 0.213. The van der Waals surface area contributed by atoms with E-state index in [4.69, 9.17) is 0 Å². The topological polar surface area (TPSA) is 20.2 Å². The molecule has 0 aromatic heterocycles. The van der Waals surface area contributed by atoms with E-state index in [0.717, 1.165) is 18.4 Å². The Morgan fingerprint density at radius 2 is 1.64 bits per heavy atom. The minimum absolute atomic E-state index is 0.408. The molecule has 0 spiro atoms. The predicted octanol–water partition coefficient (Wildman–Crippen LogP) is 3.52. The Hall–Kier alpha value is -0.820. The summed E-state index contributed by atoms with van der Waals surface area (Å²) in [4.78, 5) is 0. The van der Waals surface area contributed by atoms with Gasteiger partial charge < -0.3 is 5.11 Å². The molecule has 1 fully saturated rings. The fourth-order valence-corrected chi connectivity index (χ4v) is 2.22. The molecular weight excluding hydrogens is 172 g/mol. The highest BCUT2D eigenvalue weighted by molar-refractivity contribution is 5.27. The average molecular weight is 189 g/mol. The summed E-state index contributed by atoms with van der Waals surface area (Å²) in [6.45, 7) is 0. The maximum atomic E-state index is 10.1. The van der Waals surface area contributed by atoms with E-state index in [1.54, 1.807) is 0 Å². The molecule has 75 valence electrons. The number of benzene rings is 1. The molecule has 1 nitrogen and oxygen atoms in total. The minimum Gasteiger partial charge on any atom is -0.381 e. The molecule has 0 aliphatic heterocycles. The summed E-state index contributed by atoms with van der Waals surface area (Å²) in [5, 5.41) is 10.1. The average Bonchev–Trinajstić information content (AvgIpc) is 2.30. The lowest BCUT2D eigenvalue weighted by Gasteiger charge is -2.25. The van der Waals surface area contributed by atoms with E-state index < -0.39 is 0 Å². The van der Waals surface area contributed by atoms with Gasteiger partial charge in [-0.25, -0.2) is 0 Å². The second-order valence-corrected chi connectivity index (χ2v) is 4.09. The van der Waals surface area contributed by atoms with Crippen molar-refractivity contribution >= 4 is 0 Å². The van der Waals surface area contributed by atoms with Crippen LogP contribution in [-0.2, 0) is 0 Å². The van der Waals surface area contributed by atoms with Crippen molar-refractivity contribution in [3.63, 3.8) is 0 Å². The van der Waals surface area contributed by atoms with E-state index >= 15 is 0 Å². The Bertz CT molecular complexity index is 262. The fourth-order valence-electron chi connectivity index (χ4n) is 2.22. The van der Waals surface area contributed by atoms with E-state index in [2.05, 4.69) is 0 Å². The van der Waals surface area contributed by atoms with Gasteiger partial charge in [0.1, 0.15) is 6.10 Å². The van der Waals surface area contributed by atoms with Crippen LogP contribution in [-0.4, -0.2) is 5.11 Å². The molecule has 1 aromatic carbocycles. The summed E-state index contributed by atoms with van der Waals surface area (Å²) in [5.74, 6) is 0.408. The number of hydrogen-bond donors (Lipinski definition) is 1. The third-order valence-corrected chi connectivity index (χ3v) is 3.06. The van der Waals surface area contributed by atoms with Crippen LogP contribution in [0.15, 0.2) is 30.3 Å². The Labute approximate surface area is 85.8 Å². The Morgan fingerprint density at radius 3 is 2.29 bits per heavy atom. The molecule has 1 radical (unpaired) electrons. The highest BCUT2D eigenvalue weighted by Crippen LogP contribution is 2.33. The van der Waals surface area contributed by atoms with Crippen molar-refractivity contribution in [2.24, 2.45) is 5.92 Å². The molecule has 1 aromatic rings. The summed E-state index contributed by atoms with van der Waals surface area (Å²) in [6, 6.07) is 9.92. The van der Waals surface area contributed by atoms with E-state index in [-0.39, 0.29) is 0 Å². The first-order chi connectivity index (χ1) is 6.88. The normalized spacial score (nSPS) is 18.7. The summed E-state index contributed by atoms with van der Waals surface area (Å²) in [7, 11) is 0. The summed E-state index contributed by atoms with van der Waals surface area (Å²) in [5.41, 5.74) is 0.999. The molecular formula is C13H17O. The first-order valence-corrected chi connectivity index (χ1v) is 5.49. The molecule has 1 N–H and O–H groups in total. The standard InChI is InChI=1S/C13H17O/c14-13(11-7-3-1-4-8-11)12-9-5-2-6-10-12/h1,3-4,7-8,12,14H,2,5-6,9-10H2. The van der Waals surface area contributed by atoms with Crippen LogP contribution in [0.4, 0.5) is 0 Å². The monoisotopic (exact) mass is 189 g/mol. The molecule has 1 heteroatoms. The quantitative estimate of drug-likeness (QED) is 0.754. The summed E-state index contributed by atoms with van der Waals surface area (Å²) >= 11 is 0. The van der Waals surface area contributed by atoms with Crippen LogP contribution in [0.1, 0.15) is 37.7 Å². The fraction of sp³-hybridized carbons (Fsp3) is 0.462. The third-order valence-electron chi connectivity index (χ3n) is 3.06. The third kappa shape index (κ3) is 2.16. The zero-order valence-corrected chi connectivity index (χ0v) is 8.45. The van der Waals surface area contributed by atoms with E-state index in [1.165, 1.54) is 19.3 Å². The van der Waals surface area contributed by atoms with E-state index in [9.17, 15) is 5.11 Å². The molecule has 0 amide bonds. The van der Waals surface area contributed by atoms with Gasteiger partial charge in [-0.05, 0) is 24.3 Å². The number of rotatable bonds is 2. The summed E-state index contributed by atoms with van der Waals surface area (Å²) < 4.78 is 0. The van der Waals surface area contributed by atoms with Crippen molar-refractivity contribution in [3.8, 4) is 0 Å². The van der Waals surface area contributed by atoms with Gasteiger partial charge in [-0.1, -0.05) is 49.6 Å². The van der Waals surface area contributed by atoms with Crippen LogP contribution in [0.25, 0.3) is 0 Å². The minimum atomic E-state index is 0.408. The molecule has 1 saturated carbocycles. The first kappa shape index (κ1) is 9.72. The van der Waals surface area contributed by atoms with E-state index in [1.807, 2.05) is 30.3 Å². The second kappa shape index (κ2) is 4.61. The summed E-state index contributed by atoms with van der Waals surface area (Å²) in [6.07, 6.45) is 6.77. The largest absolute Gasteiger partial charge is 0.381 e. The predicted molar refractivity (Wildman–Crippen MR) is 57.3 cm³/mol. The lowest BCUT2D eigenvalue weighted by Crippen LogP contribution is -2.16. The molecule has 0 unspecified atom stereocenters. The molecule has 14 heavy (non-hydrogen) atoms. The van der Waals surface area contributed by atoms with Gasteiger partial charge in [-0.2, -0.15) is 0 Å². The zero-order valence-electron chi connectivity index (χ0n) is 8.45. The number of hydrogen-bond acceptors (Lipinski definition) is 1. The van der Waals surface area contributed by atoms with Crippen molar-refractivity contribution < 1.29 is 5.11 Å². The molecule has 0 heterocycles. The van der Waals surface area contributed by atoms with Crippen molar-refractivity contribution in [1.82, 2.24) is 0 Å². The molecule has 2 rings (SSSR count). The van der Waals surface area contributed by atoms with Crippen molar-refractivity contribution in [1.29, 1.82) is 0 Å². The number of aliphatic hydroxyl groups excluding tert-OH is 1. The molecule has 1 aliphatic rings. The van der Waals surface area contributed by atoms with Crippen LogP contribution in [0.2, 0.25) is 0 Å². The smallest absolute Gasteiger partial charge is 0.125 e. The first-order valence-electron chi connectivity index (χ1n) is 5.49. The van der Waals surface area contributed by atoms with Crippen LogP contribution in [0.5, 0.6) is 0 Å². The Kier molecular flexibility index (Phi) is 3.20. The number of aliphatic hydroxyl groups is 1.